The van der Waals surface area contributed by atoms with Gasteiger partial charge in [-0.25, -0.2) is 4.39 Å². The molecule has 1 atom stereocenters. The van der Waals surface area contributed by atoms with Gasteiger partial charge in [0.1, 0.15) is 5.82 Å². The van der Waals surface area contributed by atoms with Crippen LogP contribution in [0, 0.1) is 5.82 Å². The maximum atomic E-state index is 13.4. The van der Waals surface area contributed by atoms with Crippen LogP contribution in [0.4, 0.5) is 4.39 Å². The van der Waals surface area contributed by atoms with Crippen molar-refractivity contribution in [2.45, 2.75) is 38.4 Å². The van der Waals surface area contributed by atoms with Crippen LogP contribution in [0.3, 0.4) is 0 Å². The zero-order chi connectivity index (χ0) is 22.6. The van der Waals surface area contributed by atoms with E-state index < -0.39 is 0 Å². The van der Waals surface area contributed by atoms with Gasteiger partial charge in [-0.3, -0.25) is 9.69 Å². The average Bonchev–Trinajstić information content (AvgIpc) is 3.22. The van der Waals surface area contributed by atoms with Crippen LogP contribution in [-0.4, -0.2) is 61.3 Å². The monoisotopic (exact) mass is 442 g/mol. The molecule has 0 aliphatic carbocycles. The lowest BCUT2D eigenvalue weighted by Gasteiger charge is -2.40. The second-order valence-corrected chi connectivity index (χ2v) is 8.51. The van der Waals surface area contributed by atoms with E-state index in [1.54, 1.807) is 19.2 Å². The van der Waals surface area contributed by atoms with Crippen molar-refractivity contribution >= 4 is 5.91 Å². The van der Waals surface area contributed by atoms with Gasteiger partial charge in [0.25, 0.3) is 0 Å². The van der Waals surface area contributed by atoms with E-state index in [0.717, 1.165) is 29.8 Å². The molecule has 7 heteroatoms. The fourth-order valence-corrected chi connectivity index (χ4v) is 4.67. The summed E-state index contributed by atoms with van der Waals surface area (Å²) in [6.07, 6.45) is 1.24. The number of hydrogen-bond donors (Lipinski definition) is 0. The van der Waals surface area contributed by atoms with Crippen molar-refractivity contribution in [2.75, 3.05) is 40.0 Å². The zero-order valence-corrected chi connectivity index (χ0v) is 18.8. The number of amides is 1. The van der Waals surface area contributed by atoms with Gasteiger partial charge in [0.2, 0.25) is 5.91 Å². The van der Waals surface area contributed by atoms with Gasteiger partial charge in [0, 0.05) is 39.2 Å². The molecule has 4 rings (SSSR count). The summed E-state index contributed by atoms with van der Waals surface area (Å²) < 4.78 is 30.3. The van der Waals surface area contributed by atoms with Crippen LogP contribution in [-0.2, 0) is 22.6 Å². The first-order chi connectivity index (χ1) is 15.5. The highest BCUT2D eigenvalue weighted by Crippen LogP contribution is 2.34. The molecule has 6 nitrogen and oxygen atoms in total. The van der Waals surface area contributed by atoms with Gasteiger partial charge in [-0.05, 0) is 48.7 Å². The summed E-state index contributed by atoms with van der Waals surface area (Å²) >= 11 is 0. The maximum Gasteiger partial charge on any atom is 0.224 e. The Hall–Kier alpha value is -2.64. The number of rotatable bonds is 7. The first-order valence-corrected chi connectivity index (χ1v) is 11.2. The third kappa shape index (κ3) is 4.89. The summed E-state index contributed by atoms with van der Waals surface area (Å²) in [7, 11) is 1.64. The van der Waals surface area contributed by atoms with Crippen LogP contribution in [0.5, 0.6) is 11.5 Å². The van der Waals surface area contributed by atoms with Crippen LogP contribution in [0.15, 0.2) is 42.5 Å². The van der Waals surface area contributed by atoms with Crippen molar-refractivity contribution in [3.8, 4) is 11.5 Å². The predicted molar refractivity (Wildman–Crippen MR) is 119 cm³/mol. The molecule has 0 aromatic heterocycles. The number of methoxy groups -OCH3 is 1. The van der Waals surface area contributed by atoms with E-state index in [0.29, 0.717) is 51.6 Å². The molecule has 0 saturated carbocycles. The molecule has 0 N–H and O–H groups in total. The van der Waals surface area contributed by atoms with Crippen LogP contribution < -0.4 is 9.47 Å². The first-order valence-electron chi connectivity index (χ1n) is 11.2. The van der Waals surface area contributed by atoms with E-state index in [4.69, 9.17) is 14.2 Å². The highest BCUT2D eigenvalue weighted by molar-refractivity contribution is 5.78. The highest BCUT2D eigenvalue weighted by Gasteiger charge is 2.46. The summed E-state index contributed by atoms with van der Waals surface area (Å²) in [6, 6.07) is 12.4. The van der Waals surface area contributed by atoms with Gasteiger partial charge in [-0.1, -0.05) is 18.2 Å². The largest absolute Gasteiger partial charge is 0.493 e. The molecule has 2 heterocycles. The summed E-state index contributed by atoms with van der Waals surface area (Å²) in [6.45, 7) is 6.26. The first kappa shape index (κ1) is 22.6. The Balaban J connectivity index is 1.54. The highest BCUT2D eigenvalue weighted by atomic mass is 19.1. The number of ether oxygens (including phenoxy) is 3. The maximum absolute atomic E-state index is 13.4. The van der Waals surface area contributed by atoms with Crippen molar-refractivity contribution in [1.82, 2.24) is 9.80 Å². The van der Waals surface area contributed by atoms with Crippen molar-refractivity contribution < 1.29 is 23.4 Å². The molecule has 172 valence electrons. The van der Waals surface area contributed by atoms with Crippen molar-refractivity contribution in [2.24, 2.45) is 0 Å². The molecule has 1 spiro atoms. The minimum atomic E-state index is -0.378. The number of carbonyl (C=O) groups is 1. The predicted octanol–water partition coefficient (Wildman–Crippen LogP) is 3.63. The standard InChI is InChI=1S/C25H31FN2O4/c1-3-32-22-9-6-20(14-23(22)30-2)15-27-12-10-24(29)28(25(17-27)11-13-31-18-25)16-19-4-7-21(26)8-5-19/h4-9,14H,3,10-13,15-18H2,1-2H3. The third-order valence-corrected chi connectivity index (χ3v) is 6.30. The summed E-state index contributed by atoms with van der Waals surface area (Å²) in [5, 5.41) is 0. The Kier molecular flexibility index (Phi) is 6.96. The van der Waals surface area contributed by atoms with Gasteiger partial charge in [-0.15, -0.1) is 0 Å². The zero-order valence-electron chi connectivity index (χ0n) is 18.8. The number of hydrogen-bond acceptors (Lipinski definition) is 5. The normalized spacial score (nSPS) is 21.7. The summed E-state index contributed by atoms with van der Waals surface area (Å²) in [5.74, 6) is 1.29. The minimum absolute atomic E-state index is 0.117. The number of benzene rings is 2. The molecular formula is C25H31FN2O4. The third-order valence-electron chi connectivity index (χ3n) is 6.30. The van der Waals surface area contributed by atoms with Crippen molar-refractivity contribution in [1.29, 1.82) is 0 Å². The molecule has 2 aliphatic rings. The Labute approximate surface area is 188 Å². The van der Waals surface area contributed by atoms with E-state index in [1.807, 2.05) is 30.0 Å². The number of carbonyl (C=O) groups excluding carboxylic acids is 1. The molecule has 0 bridgehead atoms. The lowest BCUT2D eigenvalue weighted by molar-refractivity contribution is -0.137. The molecular weight excluding hydrogens is 411 g/mol. The van der Waals surface area contributed by atoms with E-state index >= 15 is 0 Å². The van der Waals surface area contributed by atoms with E-state index in [-0.39, 0.29) is 17.3 Å². The van der Waals surface area contributed by atoms with E-state index in [1.165, 1.54) is 12.1 Å². The summed E-state index contributed by atoms with van der Waals surface area (Å²) in [5.41, 5.74) is 1.66. The quantitative estimate of drug-likeness (QED) is 0.656. The Morgan fingerprint density at radius 2 is 1.88 bits per heavy atom. The lowest BCUT2D eigenvalue weighted by Crippen LogP contribution is -2.55. The molecule has 2 aromatic carbocycles. The van der Waals surface area contributed by atoms with Gasteiger partial charge >= 0.3 is 0 Å². The Morgan fingerprint density at radius 1 is 1.09 bits per heavy atom. The Bertz CT molecular complexity index is 928. The number of halogens is 1. The van der Waals surface area contributed by atoms with Gasteiger partial charge in [0.15, 0.2) is 11.5 Å². The topological polar surface area (TPSA) is 51.2 Å². The molecule has 2 aliphatic heterocycles. The second-order valence-electron chi connectivity index (χ2n) is 8.51. The smallest absolute Gasteiger partial charge is 0.224 e. The van der Waals surface area contributed by atoms with Crippen molar-refractivity contribution in [3.05, 3.63) is 59.4 Å². The molecule has 2 fully saturated rings. The molecule has 32 heavy (non-hydrogen) atoms. The molecule has 0 radical (unpaired) electrons. The van der Waals surface area contributed by atoms with Gasteiger partial charge in [0.05, 0.1) is 25.9 Å². The van der Waals surface area contributed by atoms with E-state index in [2.05, 4.69) is 4.90 Å². The average molecular weight is 443 g/mol. The fourth-order valence-electron chi connectivity index (χ4n) is 4.67. The lowest BCUT2D eigenvalue weighted by atomic mass is 9.94. The van der Waals surface area contributed by atoms with Crippen LogP contribution in [0.1, 0.15) is 30.9 Å². The Morgan fingerprint density at radius 3 is 2.56 bits per heavy atom. The second kappa shape index (κ2) is 9.88. The van der Waals surface area contributed by atoms with Crippen LogP contribution in [0.25, 0.3) is 0 Å². The van der Waals surface area contributed by atoms with Crippen LogP contribution in [0.2, 0.25) is 0 Å². The van der Waals surface area contributed by atoms with Gasteiger partial charge < -0.3 is 19.1 Å². The summed E-state index contributed by atoms with van der Waals surface area (Å²) in [4.78, 5) is 17.5. The van der Waals surface area contributed by atoms with Crippen molar-refractivity contribution in [3.63, 3.8) is 0 Å². The molecule has 1 unspecified atom stereocenters. The number of nitrogens with zero attached hydrogens (tertiary/aromatic N) is 2. The van der Waals surface area contributed by atoms with Gasteiger partial charge in [-0.2, -0.15) is 0 Å². The van der Waals surface area contributed by atoms with Crippen LogP contribution >= 0.6 is 0 Å². The molecule has 2 saturated heterocycles. The molecule has 1 amide bonds. The SMILES string of the molecule is CCOc1ccc(CN2CCC(=O)N(Cc3ccc(F)cc3)C3(CCOC3)C2)cc1OC. The molecule has 2 aromatic rings. The minimum Gasteiger partial charge on any atom is -0.493 e. The van der Waals surface area contributed by atoms with E-state index in [9.17, 15) is 9.18 Å². The fraction of sp³-hybridized carbons (Fsp3) is 0.480.